The summed E-state index contributed by atoms with van der Waals surface area (Å²) in [6.07, 6.45) is 0. The fraction of sp³-hybridized carbons (Fsp3) is 0.294. The summed E-state index contributed by atoms with van der Waals surface area (Å²) in [7, 11) is 3.36. The molecule has 21 heavy (non-hydrogen) atoms. The van der Waals surface area contributed by atoms with Gasteiger partial charge in [0.25, 0.3) is 0 Å². The van der Waals surface area contributed by atoms with E-state index in [9.17, 15) is 0 Å². The molecule has 2 aromatic rings. The molecule has 0 radical (unpaired) electrons. The van der Waals surface area contributed by atoms with E-state index in [4.69, 9.17) is 9.47 Å². The first-order valence-electron chi connectivity index (χ1n) is 6.84. The Morgan fingerprint density at radius 3 is 2.33 bits per heavy atom. The average Bonchev–Trinajstić information content (AvgIpc) is 2.53. The molecule has 0 saturated heterocycles. The second-order valence-electron chi connectivity index (χ2n) is 5.00. The molecule has 1 aliphatic rings. The van der Waals surface area contributed by atoms with Crippen LogP contribution in [0.1, 0.15) is 22.6 Å². The van der Waals surface area contributed by atoms with E-state index >= 15 is 0 Å². The summed E-state index contributed by atoms with van der Waals surface area (Å²) >= 11 is 0. The molecule has 0 bridgehead atoms. The van der Waals surface area contributed by atoms with Gasteiger partial charge in [-0.3, -0.25) is 0 Å². The van der Waals surface area contributed by atoms with E-state index in [1.807, 2.05) is 0 Å². The van der Waals surface area contributed by atoms with Crippen LogP contribution in [0.25, 0.3) is 0 Å². The Hall–Kier alpha value is -1.71. The van der Waals surface area contributed by atoms with Crippen molar-refractivity contribution >= 4 is 12.4 Å². The summed E-state index contributed by atoms with van der Waals surface area (Å²) in [5, 5.41) is 3.48. The smallest absolute Gasteiger partial charge is 0.161 e. The largest absolute Gasteiger partial charge is 0.493 e. The normalized spacial score (nSPS) is 16.6. The molecule has 1 aliphatic heterocycles. The second-order valence-corrected chi connectivity index (χ2v) is 5.00. The quantitative estimate of drug-likeness (QED) is 0.943. The summed E-state index contributed by atoms with van der Waals surface area (Å²) in [5.74, 6) is 1.95. The molecule has 0 amide bonds. The number of methoxy groups -OCH3 is 2. The Morgan fingerprint density at radius 2 is 1.67 bits per heavy atom. The number of nitrogens with one attached hydrogen (secondary N) is 1. The Morgan fingerprint density at radius 1 is 1.00 bits per heavy atom. The standard InChI is InChI=1S/C17H19NO2.ClH/c1-19-16-8-13-10-18-11-15(12-6-4-3-5-7-12)14(13)9-17(16)20-2;/h3-9,15,18H,10-11H2,1-2H3;1H. The second kappa shape index (κ2) is 6.83. The molecule has 0 fully saturated rings. The summed E-state index contributed by atoms with van der Waals surface area (Å²) in [4.78, 5) is 0. The van der Waals surface area contributed by atoms with Crippen LogP contribution in [0, 0.1) is 0 Å². The lowest BCUT2D eigenvalue weighted by atomic mass is 9.85. The van der Waals surface area contributed by atoms with Crippen molar-refractivity contribution in [2.75, 3.05) is 20.8 Å². The first kappa shape index (κ1) is 15.7. The number of ether oxygens (including phenoxy) is 2. The molecule has 1 heterocycles. The number of fused-ring (bicyclic) bond motifs is 1. The zero-order chi connectivity index (χ0) is 13.9. The lowest BCUT2D eigenvalue weighted by Gasteiger charge is -2.28. The molecule has 0 aliphatic carbocycles. The van der Waals surface area contributed by atoms with Gasteiger partial charge in [0.2, 0.25) is 0 Å². The van der Waals surface area contributed by atoms with Crippen molar-refractivity contribution in [1.82, 2.24) is 5.32 Å². The minimum Gasteiger partial charge on any atom is -0.493 e. The van der Waals surface area contributed by atoms with Gasteiger partial charge in [0.1, 0.15) is 0 Å². The van der Waals surface area contributed by atoms with Crippen LogP contribution in [0.4, 0.5) is 0 Å². The van der Waals surface area contributed by atoms with E-state index in [0.717, 1.165) is 24.6 Å². The fourth-order valence-corrected chi connectivity index (χ4v) is 2.86. The van der Waals surface area contributed by atoms with Crippen LogP contribution in [0.2, 0.25) is 0 Å². The maximum absolute atomic E-state index is 5.44. The van der Waals surface area contributed by atoms with Gasteiger partial charge in [-0.15, -0.1) is 12.4 Å². The highest BCUT2D eigenvalue weighted by Gasteiger charge is 2.23. The molecular weight excluding hydrogens is 286 g/mol. The van der Waals surface area contributed by atoms with Gasteiger partial charge in [-0.1, -0.05) is 30.3 Å². The van der Waals surface area contributed by atoms with E-state index in [-0.39, 0.29) is 12.4 Å². The van der Waals surface area contributed by atoms with E-state index in [2.05, 4.69) is 47.8 Å². The van der Waals surface area contributed by atoms with Gasteiger partial charge in [-0.2, -0.15) is 0 Å². The Labute approximate surface area is 131 Å². The third-order valence-electron chi connectivity index (χ3n) is 3.89. The Bertz CT molecular complexity index is 601. The van der Waals surface area contributed by atoms with Crippen molar-refractivity contribution in [3.05, 3.63) is 59.2 Å². The topological polar surface area (TPSA) is 30.5 Å². The zero-order valence-electron chi connectivity index (χ0n) is 12.3. The monoisotopic (exact) mass is 305 g/mol. The first-order chi connectivity index (χ1) is 9.83. The van der Waals surface area contributed by atoms with Crippen LogP contribution in [0.3, 0.4) is 0 Å². The van der Waals surface area contributed by atoms with Crippen molar-refractivity contribution in [2.24, 2.45) is 0 Å². The van der Waals surface area contributed by atoms with E-state index < -0.39 is 0 Å². The number of hydrogen-bond acceptors (Lipinski definition) is 3. The summed E-state index contributed by atoms with van der Waals surface area (Å²) in [6.45, 7) is 1.82. The van der Waals surface area contributed by atoms with Crippen LogP contribution in [0.5, 0.6) is 11.5 Å². The van der Waals surface area contributed by atoms with Gasteiger partial charge in [0.05, 0.1) is 14.2 Å². The van der Waals surface area contributed by atoms with Gasteiger partial charge in [0.15, 0.2) is 11.5 Å². The minimum atomic E-state index is 0. The van der Waals surface area contributed by atoms with Crippen molar-refractivity contribution in [3.8, 4) is 11.5 Å². The number of rotatable bonds is 3. The Kier molecular flexibility index (Phi) is 5.10. The zero-order valence-corrected chi connectivity index (χ0v) is 13.1. The molecule has 3 rings (SSSR count). The SMILES string of the molecule is COc1cc2c(cc1OC)C(c1ccccc1)CNC2.Cl. The molecular formula is C17H20ClNO2. The summed E-state index contributed by atoms with van der Waals surface area (Å²) < 4.78 is 10.8. The molecule has 3 nitrogen and oxygen atoms in total. The predicted octanol–water partition coefficient (Wildman–Crippen LogP) is 3.36. The van der Waals surface area contributed by atoms with Crippen LogP contribution in [-0.4, -0.2) is 20.8 Å². The number of hydrogen-bond donors (Lipinski definition) is 1. The van der Waals surface area contributed by atoms with Gasteiger partial charge in [0, 0.05) is 19.0 Å². The van der Waals surface area contributed by atoms with Crippen LogP contribution < -0.4 is 14.8 Å². The average molecular weight is 306 g/mol. The van der Waals surface area contributed by atoms with Gasteiger partial charge in [-0.25, -0.2) is 0 Å². The van der Waals surface area contributed by atoms with Gasteiger partial charge in [-0.05, 0) is 28.8 Å². The molecule has 1 atom stereocenters. The van der Waals surface area contributed by atoms with Crippen molar-refractivity contribution in [1.29, 1.82) is 0 Å². The van der Waals surface area contributed by atoms with Crippen LogP contribution in [-0.2, 0) is 6.54 Å². The predicted molar refractivity (Wildman–Crippen MR) is 86.8 cm³/mol. The van der Waals surface area contributed by atoms with E-state index in [0.29, 0.717) is 5.92 Å². The van der Waals surface area contributed by atoms with E-state index in [1.165, 1.54) is 16.7 Å². The molecule has 2 aromatic carbocycles. The van der Waals surface area contributed by atoms with Gasteiger partial charge >= 0.3 is 0 Å². The fourth-order valence-electron chi connectivity index (χ4n) is 2.86. The maximum atomic E-state index is 5.44. The number of halogens is 1. The minimum absolute atomic E-state index is 0. The third-order valence-corrected chi connectivity index (χ3v) is 3.89. The number of benzene rings is 2. The van der Waals surface area contributed by atoms with Gasteiger partial charge < -0.3 is 14.8 Å². The molecule has 1 unspecified atom stereocenters. The van der Waals surface area contributed by atoms with Crippen molar-refractivity contribution in [2.45, 2.75) is 12.5 Å². The molecule has 0 spiro atoms. The molecule has 0 saturated carbocycles. The summed E-state index contributed by atoms with van der Waals surface area (Å²) in [5.41, 5.74) is 3.93. The van der Waals surface area contributed by atoms with Crippen molar-refractivity contribution < 1.29 is 9.47 Å². The van der Waals surface area contributed by atoms with Crippen molar-refractivity contribution in [3.63, 3.8) is 0 Å². The molecule has 112 valence electrons. The molecule has 1 N–H and O–H groups in total. The van der Waals surface area contributed by atoms with E-state index in [1.54, 1.807) is 14.2 Å². The highest BCUT2D eigenvalue weighted by molar-refractivity contribution is 5.85. The molecule has 4 heteroatoms. The Balaban J connectivity index is 0.00000161. The molecule has 0 aromatic heterocycles. The summed E-state index contributed by atoms with van der Waals surface area (Å²) in [6, 6.07) is 14.8. The lowest BCUT2D eigenvalue weighted by Crippen LogP contribution is -2.28. The highest BCUT2D eigenvalue weighted by Crippen LogP contribution is 2.37. The highest BCUT2D eigenvalue weighted by atomic mass is 35.5. The first-order valence-corrected chi connectivity index (χ1v) is 6.84. The van der Waals surface area contributed by atoms with Crippen LogP contribution in [0.15, 0.2) is 42.5 Å². The maximum Gasteiger partial charge on any atom is 0.161 e. The van der Waals surface area contributed by atoms with Crippen LogP contribution >= 0.6 is 12.4 Å². The third kappa shape index (κ3) is 2.99. The lowest BCUT2D eigenvalue weighted by molar-refractivity contribution is 0.353.